The molecule has 0 radical (unpaired) electrons. The molecule has 230 valence electrons. The summed E-state index contributed by atoms with van der Waals surface area (Å²) in [6.45, 7) is 11.4. The zero-order valence-electron chi connectivity index (χ0n) is 25.5. The summed E-state index contributed by atoms with van der Waals surface area (Å²) in [6, 6.07) is 12.9. The molecule has 0 saturated heterocycles. The normalized spacial score (nSPS) is 14.0. The Morgan fingerprint density at radius 1 is 1.05 bits per heavy atom. The summed E-state index contributed by atoms with van der Waals surface area (Å²) in [7, 11) is -1.07. The first-order valence-corrected chi connectivity index (χ1v) is 14.4. The fourth-order valence-electron chi connectivity index (χ4n) is 4.50. The van der Waals surface area contributed by atoms with Gasteiger partial charge in [-0.25, -0.2) is 0 Å². The molecule has 3 amide bonds. The van der Waals surface area contributed by atoms with Crippen LogP contribution in [0.5, 0.6) is 0 Å². The number of amides is 3. The van der Waals surface area contributed by atoms with Crippen molar-refractivity contribution >= 4 is 36.0 Å². The summed E-state index contributed by atoms with van der Waals surface area (Å²) in [6.07, 6.45) is 0.215. The molecule has 9 N–H and O–H groups in total. The van der Waals surface area contributed by atoms with Crippen LogP contribution in [0.2, 0.25) is 0 Å². The van der Waals surface area contributed by atoms with E-state index >= 15 is 0 Å². The van der Waals surface area contributed by atoms with Gasteiger partial charge in [0.05, 0.1) is 18.2 Å². The van der Waals surface area contributed by atoms with Gasteiger partial charge in [0.1, 0.15) is 0 Å². The first-order valence-electron chi connectivity index (χ1n) is 14.4. The lowest BCUT2D eigenvalue weighted by molar-refractivity contribution is -0.131. The van der Waals surface area contributed by atoms with Gasteiger partial charge in [0.2, 0.25) is 17.7 Å². The first kappa shape index (κ1) is 34.9. The molecule has 0 spiro atoms. The van der Waals surface area contributed by atoms with Gasteiger partial charge in [-0.05, 0) is 61.8 Å². The van der Waals surface area contributed by atoms with Crippen molar-refractivity contribution in [3.05, 3.63) is 59.2 Å². The summed E-state index contributed by atoms with van der Waals surface area (Å²) in [4.78, 5) is 38.1. The molecule has 1 aliphatic heterocycles. The second-order valence-electron chi connectivity index (χ2n) is 11.2. The number of benzene rings is 2. The molecule has 11 nitrogen and oxygen atoms in total. The molecule has 0 aromatic heterocycles. The predicted octanol–water partition coefficient (Wildman–Crippen LogP) is 0.666. The van der Waals surface area contributed by atoms with Crippen LogP contribution in [-0.4, -0.2) is 73.5 Å². The molecule has 12 heteroatoms. The second-order valence-corrected chi connectivity index (χ2v) is 11.2. The maximum atomic E-state index is 12.2. The van der Waals surface area contributed by atoms with Crippen LogP contribution in [0.15, 0.2) is 42.5 Å². The van der Waals surface area contributed by atoms with Crippen molar-refractivity contribution in [2.24, 2.45) is 17.2 Å². The van der Waals surface area contributed by atoms with Gasteiger partial charge < -0.3 is 42.4 Å². The zero-order valence-corrected chi connectivity index (χ0v) is 25.5. The van der Waals surface area contributed by atoms with Gasteiger partial charge >= 0.3 is 7.12 Å². The molecule has 42 heavy (non-hydrogen) atoms. The molecule has 1 heterocycles. The van der Waals surface area contributed by atoms with Crippen LogP contribution in [0, 0.1) is 6.92 Å². The van der Waals surface area contributed by atoms with E-state index in [0.717, 1.165) is 5.56 Å². The number of carbonyl (C=O) groups is 3. The average Bonchev–Trinajstić information content (AvgIpc) is 3.17. The number of nitrogens with one attached hydrogen (secondary N) is 2. The molecule has 0 fully saturated rings. The fraction of sp³-hybridized carbons (Fsp3) is 0.500. The number of anilines is 1. The Hall–Kier alpha value is -3.29. The molecule has 1 unspecified atom stereocenters. The molecule has 2 aromatic rings. The van der Waals surface area contributed by atoms with Crippen LogP contribution < -0.4 is 33.3 Å². The molecular weight excluding hydrogens is 535 g/mol. The van der Waals surface area contributed by atoms with Crippen LogP contribution >= 0.6 is 0 Å². The highest BCUT2D eigenvalue weighted by Gasteiger charge is 2.40. The lowest BCUT2D eigenvalue weighted by Gasteiger charge is -2.22. The molecule has 1 aliphatic rings. The average molecular weight is 583 g/mol. The highest BCUT2D eigenvalue weighted by molar-refractivity contribution is 6.62. The fourth-order valence-corrected chi connectivity index (χ4v) is 4.50. The van der Waals surface area contributed by atoms with Crippen molar-refractivity contribution in [3.8, 4) is 0 Å². The minimum absolute atomic E-state index is 0.0800. The second kappa shape index (κ2) is 16.4. The van der Waals surface area contributed by atoms with Gasteiger partial charge in [0, 0.05) is 38.3 Å². The standard InChI is InChI=1S/C20H33BN6O5.C10H14/c1-20(2)14-4-3-13(11-15(14)21(31)32-20)26-17(28)12-25-19(30)16(24)5-6-18(29)27(9-7-22)10-8-23;1-8(2)10-6-4-9(3)5-7-10/h3-4,11,16,31H,5-10,12,22-24H2,1-2H3,(H,25,30)(H,26,28);4-8H,1-3H3. The molecule has 1 atom stereocenters. The molecule has 0 saturated carbocycles. The Morgan fingerprint density at radius 3 is 2.24 bits per heavy atom. The number of hydrogen-bond donors (Lipinski definition) is 6. The van der Waals surface area contributed by atoms with E-state index in [1.165, 1.54) is 16.0 Å². The topological polar surface area (TPSA) is 186 Å². The summed E-state index contributed by atoms with van der Waals surface area (Å²) in [5, 5.41) is 15.2. The van der Waals surface area contributed by atoms with Crippen molar-refractivity contribution in [3.63, 3.8) is 0 Å². The smallest absolute Gasteiger partial charge is 0.423 e. The monoisotopic (exact) mass is 582 g/mol. The van der Waals surface area contributed by atoms with Gasteiger partial charge in [-0.3, -0.25) is 14.4 Å². The minimum atomic E-state index is -1.07. The number of rotatable bonds is 12. The van der Waals surface area contributed by atoms with E-state index in [1.54, 1.807) is 18.2 Å². The Balaban J connectivity index is 0.000000518. The van der Waals surface area contributed by atoms with Crippen LogP contribution in [0.1, 0.15) is 63.1 Å². The van der Waals surface area contributed by atoms with Crippen molar-refractivity contribution in [1.82, 2.24) is 10.2 Å². The van der Waals surface area contributed by atoms with Gasteiger partial charge in [-0.15, -0.1) is 0 Å². The number of fused-ring (bicyclic) bond motifs is 1. The first-order chi connectivity index (χ1) is 19.8. The SMILES string of the molecule is CC1(C)OB(O)c2cc(NC(=O)CNC(=O)C(N)CCC(=O)N(CCN)CCN)ccc21.Cc1ccc(C(C)C)cc1. The number of nitrogens with zero attached hydrogens (tertiary/aromatic N) is 1. The van der Waals surface area contributed by atoms with E-state index in [4.69, 9.17) is 21.9 Å². The van der Waals surface area contributed by atoms with E-state index < -0.39 is 30.6 Å². The van der Waals surface area contributed by atoms with Gasteiger partial charge in [0.15, 0.2) is 0 Å². The lowest BCUT2D eigenvalue weighted by Crippen LogP contribution is -2.45. The van der Waals surface area contributed by atoms with Crippen molar-refractivity contribution < 1.29 is 24.1 Å². The van der Waals surface area contributed by atoms with Gasteiger partial charge in [-0.2, -0.15) is 0 Å². The third-order valence-electron chi connectivity index (χ3n) is 6.98. The summed E-state index contributed by atoms with van der Waals surface area (Å²) >= 11 is 0. The minimum Gasteiger partial charge on any atom is -0.423 e. The molecule has 2 aromatic carbocycles. The van der Waals surface area contributed by atoms with Gasteiger partial charge in [0.25, 0.3) is 0 Å². The zero-order chi connectivity index (χ0) is 31.4. The third-order valence-corrected chi connectivity index (χ3v) is 6.98. The van der Waals surface area contributed by atoms with Crippen molar-refractivity contribution in [1.29, 1.82) is 0 Å². The highest BCUT2D eigenvalue weighted by atomic mass is 16.5. The Morgan fingerprint density at radius 2 is 1.67 bits per heavy atom. The number of aryl methyl sites for hydroxylation is 1. The van der Waals surface area contributed by atoms with Crippen LogP contribution in [-0.2, 0) is 24.6 Å². The maximum Gasteiger partial charge on any atom is 0.492 e. The quantitative estimate of drug-likeness (QED) is 0.197. The lowest BCUT2D eigenvalue weighted by atomic mass is 9.78. The van der Waals surface area contributed by atoms with Crippen LogP contribution in [0.3, 0.4) is 0 Å². The highest BCUT2D eigenvalue weighted by Crippen LogP contribution is 2.30. The summed E-state index contributed by atoms with van der Waals surface area (Å²) in [5.41, 5.74) is 20.9. The van der Waals surface area contributed by atoms with E-state index in [9.17, 15) is 19.4 Å². The molecule has 3 rings (SSSR count). The number of carbonyl (C=O) groups excluding carboxylic acids is 3. The van der Waals surface area contributed by atoms with E-state index in [0.29, 0.717) is 43.2 Å². The Bertz CT molecular complexity index is 1190. The maximum absolute atomic E-state index is 12.2. The Labute approximate surface area is 249 Å². The Kier molecular flexibility index (Phi) is 13.6. The van der Waals surface area contributed by atoms with Crippen LogP contribution in [0.25, 0.3) is 0 Å². The summed E-state index contributed by atoms with van der Waals surface area (Å²) in [5.74, 6) is -0.503. The molecule has 0 aliphatic carbocycles. The van der Waals surface area contributed by atoms with Crippen molar-refractivity contribution in [2.45, 2.75) is 65.0 Å². The van der Waals surface area contributed by atoms with Crippen molar-refractivity contribution in [2.75, 3.05) is 38.0 Å². The number of hydrogen-bond acceptors (Lipinski definition) is 8. The van der Waals surface area contributed by atoms with Gasteiger partial charge in [-0.1, -0.05) is 49.7 Å². The third kappa shape index (κ3) is 10.5. The summed E-state index contributed by atoms with van der Waals surface area (Å²) < 4.78 is 5.50. The van der Waals surface area contributed by atoms with Crippen LogP contribution in [0.4, 0.5) is 5.69 Å². The molecular formula is C30H47BN6O5. The largest absolute Gasteiger partial charge is 0.492 e. The van der Waals surface area contributed by atoms with E-state index in [-0.39, 0.29) is 25.3 Å². The predicted molar refractivity (Wildman–Crippen MR) is 167 cm³/mol. The molecule has 0 bridgehead atoms. The number of nitrogens with two attached hydrogens (primary N) is 3. The van der Waals surface area contributed by atoms with E-state index in [1.807, 2.05) is 13.8 Å². The van der Waals surface area contributed by atoms with E-state index in [2.05, 4.69) is 55.7 Å².